The van der Waals surface area contributed by atoms with Crippen molar-refractivity contribution in [3.63, 3.8) is 0 Å². The molecule has 7 nitrogen and oxygen atoms in total. The number of hydrogen-bond acceptors (Lipinski definition) is 4. The Morgan fingerprint density at radius 1 is 0.892 bits per heavy atom. The molecular weight excluding hydrogens is 557 g/mol. The number of sulfonamides is 1. The van der Waals surface area contributed by atoms with Gasteiger partial charge < -0.3 is 10.2 Å². The van der Waals surface area contributed by atoms with Gasteiger partial charge in [-0.25, -0.2) is 8.42 Å². The molecule has 3 aromatic carbocycles. The highest BCUT2D eigenvalue weighted by Gasteiger charge is 2.33. The van der Waals surface area contributed by atoms with E-state index in [0.717, 1.165) is 9.87 Å². The SMILES string of the molecule is CNC(=O)[C@@H](Cc1ccccc1)N(Cc1c(Cl)cccc1Cl)C(=O)CN(C)S(=O)(=O)c1ccc(Cl)cc1. The first-order valence-electron chi connectivity index (χ1n) is 11.2. The monoisotopic (exact) mass is 581 g/mol. The summed E-state index contributed by atoms with van der Waals surface area (Å²) < 4.78 is 27.2. The largest absolute Gasteiger partial charge is 0.357 e. The van der Waals surface area contributed by atoms with E-state index in [1.54, 1.807) is 18.2 Å². The second kappa shape index (κ2) is 12.8. The van der Waals surface area contributed by atoms with Crippen LogP contribution in [0.25, 0.3) is 0 Å². The van der Waals surface area contributed by atoms with Crippen molar-refractivity contribution in [2.24, 2.45) is 0 Å². The Kier molecular flexibility index (Phi) is 9.98. The topological polar surface area (TPSA) is 86.8 Å². The molecule has 0 spiro atoms. The van der Waals surface area contributed by atoms with Crippen molar-refractivity contribution >= 4 is 56.6 Å². The molecule has 1 atom stereocenters. The number of nitrogens with one attached hydrogen (secondary N) is 1. The van der Waals surface area contributed by atoms with Gasteiger partial charge in [0.1, 0.15) is 6.04 Å². The molecule has 0 aromatic heterocycles. The summed E-state index contributed by atoms with van der Waals surface area (Å²) in [5.74, 6) is -1.01. The quantitative estimate of drug-likeness (QED) is 0.377. The second-order valence-corrected chi connectivity index (χ2v) is 11.6. The van der Waals surface area contributed by atoms with Gasteiger partial charge in [0.25, 0.3) is 0 Å². The highest BCUT2D eigenvalue weighted by Crippen LogP contribution is 2.27. The molecule has 0 saturated heterocycles. The molecule has 0 unspecified atom stereocenters. The molecule has 0 aliphatic rings. The molecule has 37 heavy (non-hydrogen) atoms. The average Bonchev–Trinajstić information content (AvgIpc) is 2.87. The van der Waals surface area contributed by atoms with E-state index >= 15 is 0 Å². The lowest BCUT2D eigenvalue weighted by atomic mass is 10.0. The fourth-order valence-electron chi connectivity index (χ4n) is 3.73. The number of halogens is 3. The van der Waals surface area contributed by atoms with E-state index in [1.165, 1.54) is 43.3 Å². The van der Waals surface area contributed by atoms with Gasteiger partial charge in [0, 0.05) is 47.7 Å². The number of hydrogen-bond donors (Lipinski definition) is 1. The third-order valence-corrected chi connectivity index (χ3v) is 8.57. The summed E-state index contributed by atoms with van der Waals surface area (Å²) in [6, 6.07) is 18.8. The molecule has 3 aromatic rings. The number of amides is 2. The zero-order valence-corrected chi connectivity index (χ0v) is 23.3. The zero-order valence-electron chi connectivity index (χ0n) is 20.2. The van der Waals surface area contributed by atoms with Crippen molar-refractivity contribution in [1.82, 2.24) is 14.5 Å². The zero-order chi connectivity index (χ0) is 27.2. The van der Waals surface area contributed by atoms with E-state index in [4.69, 9.17) is 34.8 Å². The Bertz CT molecular complexity index is 1330. The van der Waals surface area contributed by atoms with Gasteiger partial charge in [0.05, 0.1) is 11.4 Å². The van der Waals surface area contributed by atoms with E-state index in [2.05, 4.69) is 5.32 Å². The summed E-state index contributed by atoms with van der Waals surface area (Å²) in [7, 11) is -1.23. The molecular formula is C26H26Cl3N3O4S. The smallest absolute Gasteiger partial charge is 0.243 e. The van der Waals surface area contributed by atoms with Crippen LogP contribution in [0.2, 0.25) is 15.1 Å². The lowest BCUT2D eigenvalue weighted by molar-refractivity contribution is -0.141. The van der Waals surface area contributed by atoms with Gasteiger partial charge in [-0.2, -0.15) is 4.31 Å². The number of rotatable bonds is 10. The van der Waals surface area contributed by atoms with Crippen LogP contribution in [0.4, 0.5) is 0 Å². The molecule has 1 N–H and O–H groups in total. The molecule has 0 saturated carbocycles. The lowest BCUT2D eigenvalue weighted by Crippen LogP contribution is -2.52. The Hall–Kier alpha value is -2.62. The maximum absolute atomic E-state index is 13.7. The van der Waals surface area contributed by atoms with Crippen LogP contribution in [0.15, 0.2) is 77.7 Å². The molecule has 0 aliphatic heterocycles. The number of nitrogens with zero attached hydrogens (tertiary/aromatic N) is 2. The predicted molar refractivity (Wildman–Crippen MR) is 146 cm³/mol. The highest BCUT2D eigenvalue weighted by molar-refractivity contribution is 7.89. The minimum absolute atomic E-state index is 0.0139. The van der Waals surface area contributed by atoms with Crippen LogP contribution in [0, 0.1) is 0 Å². The Morgan fingerprint density at radius 3 is 2.05 bits per heavy atom. The van der Waals surface area contributed by atoms with Gasteiger partial charge in [0.15, 0.2) is 0 Å². The van der Waals surface area contributed by atoms with E-state index in [0.29, 0.717) is 20.6 Å². The van der Waals surface area contributed by atoms with Gasteiger partial charge in [0.2, 0.25) is 21.8 Å². The van der Waals surface area contributed by atoms with Gasteiger partial charge in [-0.15, -0.1) is 0 Å². The summed E-state index contributed by atoms with van der Waals surface area (Å²) in [6.45, 7) is -0.619. The third kappa shape index (κ3) is 7.24. The van der Waals surface area contributed by atoms with E-state index < -0.39 is 34.4 Å². The second-order valence-electron chi connectivity index (χ2n) is 8.26. The minimum atomic E-state index is -4.01. The highest BCUT2D eigenvalue weighted by atomic mass is 35.5. The van der Waals surface area contributed by atoms with Gasteiger partial charge in [-0.05, 0) is 42.0 Å². The van der Waals surface area contributed by atoms with E-state index in [-0.39, 0.29) is 17.9 Å². The summed E-state index contributed by atoms with van der Waals surface area (Å²) >= 11 is 18.7. The number of carbonyl (C=O) groups is 2. The molecule has 0 radical (unpaired) electrons. The van der Waals surface area contributed by atoms with Gasteiger partial charge in [-0.3, -0.25) is 9.59 Å². The number of likely N-dealkylation sites (N-methyl/N-ethyl adjacent to an activating group) is 2. The Labute approximate surface area is 232 Å². The summed E-state index contributed by atoms with van der Waals surface area (Å²) in [5.41, 5.74) is 1.27. The number of benzene rings is 3. The fourth-order valence-corrected chi connectivity index (χ4v) is 5.49. The van der Waals surface area contributed by atoms with E-state index in [9.17, 15) is 18.0 Å². The minimum Gasteiger partial charge on any atom is -0.357 e. The number of carbonyl (C=O) groups excluding carboxylic acids is 2. The van der Waals surface area contributed by atoms with Crippen LogP contribution < -0.4 is 5.32 Å². The van der Waals surface area contributed by atoms with Crippen LogP contribution >= 0.6 is 34.8 Å². The van der Waals surface area contributed by atoms with Gasteiger partial charge >= 0.3 is 0 Å². The van der Waals surface area contributed by atoms with Crippen molar-refractivity contribution in [3.05, 3.63) is 99.0 Å². The first-order valence-corrected chi connectivity index (χ1v) is 13.8. The molecule has 11 heteroatoms. The van der Waals surface area contributed by atoms with Crippen LogP contribution in [0.1, 0.15) is 11.1 Å². The van der Waals surface area contributed by atoms with Crippen molar-refractivity contribution in [2.75, 3.05) is 20.6 Å². The van der Waals surface area contributed by atoms with Crippen LogP contribution in [-0.4, -0.2) is 56.1 Å². The maximum atomic E-state index is 13.7. The van der Waals surface area contributed by atoms with Crippen LogP contribution in [-0.2, 0) is 32.6 Å². The summed E-state index contributed by atoms with van der Waals surface area (Å²) in [4.78, 5) is 28.0. The summed E-state index contributed by atoms with van der Waals surface area (Å²) in [5, 5.41) is 3.64. The average molecular weight is 583 g/mol. The lowest BCUT2D eigenvalue weighted by Gasteiger charge is -2.32. The standard InChI is InChI=1S/C26H26Cl3N3O4S/c1-30-26(34)24(15-18-7-4-3-5-8-18)32(16-21-22(28)9-6-10-23(21)29)25(33)17-31(2)37(35,36)20-13-11-19(27)12-14-20/h3-14,24H,15-17H2,1-2H3,(H,30,34)/t24-/m1/s1. The normalized spacial score (nSPS) is 12.3. The Morgan fingerprint density at radius 2 is 1.49 bits per heavy atom. The molecule has 0 aliphatic carbocycles. The molecule has 196 valence electrons. The fraction of sp³-hybridized carbons (Fsp3) is 0.231. The molecule has 0 bridgehead atoms. The predicted octanol–water partition coefficient (Wildman–Crippen LogP) is 4.65. The molecule has 3 rings (SSSR count). The van der Waals surface area contributed by atoms with Crippen LogP contribution in [0.3, 0.4) is 0 Å². The molecule has 0 heterocycles. The van der Waals surface area contributed by atoms with Crippen molar-refractivity contribution in [3.8, 4) is 0 Å². The molecule has 2 amide bonds. The van der Waals surface area contributed by atoms with Crippen molar-refractivity contribution in [2.45, 2.75) is 23.9 Å². The molecule has 0 fully saturated rings. The van der Waals surface area contributed by atoms with Crippen molar-refractivity contribution < 1.29 is 18.0 Å². The van der Waals surface area contributed by atoms with Crippen LogP contribution in [0.5, 0.6) is 0 Å². The third-order valence-electron chi connectivity index (χ3n) is 5.79. The summed E-state index contributed by atoms with van der Waals surface area (Å²) in [6.07, 6.45) is 0.196. The first kappa shape index (κ1) is 28.9. The Balaban J connectivity index is 1.98. The maximum Gasteiger partial charge on any atom is 0.243 e. The van der Waals surface area contributed by atoms with Gasteiger partial charge in [-0.1, -0.05) is 71.2 Å². The van der Waals surface area contributed by atoms with Crippen molar-refractivity contribution in [1.29, 1.82) is 0 Å². The van der Waals surface area contributed by atoms with E-state index in [1.807, 2.05) is 30.3 Å². The first-order chi connectivity index (χ1) is 17.5.